The van der Waals surface area contributed by atoms with Gasteiger partial charge in [0.25, 0.3) is 0 Å². The summed E-state index contributed by atoms with van der Waals surface area (Å²) in [6.07, 6.45) is 1.18. The van der Waals surface area contributed by atoms with Crippen molar-refractivity contribution >= 4 is 23.0 Å². The molecule has 1 heterocycles. The number of nitrogens with one attached hydrogen (secondary N) is 2. The molecule has 2 aromatic rings. The molecule has 0 saturated heterocycles. The Morgan fingerprint density at radius 1 is 1.33 bits per heavy atom. The molecule has 0 atom stereocenters. The Morgan fingerprint density at radius 2 is 2.05 bits per heavy atom. The number of nitro groups is 1. The number of ether oxygens (including phenoxy) is 1. The van der Waals surface area contributed by atoms with E-state index in [-0.39, 0.29) is 23.1 Å². The van der Waals surface area contributed by atoms with Gasteiger partial charge in [0.15, 0.2) is 11.6 Å². The van der Waals surface area contributed by atoms with Crippen LogP contribution in [0.1, 0.15) is 0 Å². The summed E-state index contributed by atoms with van der Waals surface area (Å²) in [5, 5.41) is 16.5. The first kappa shape index (κ1) is 14.4. The van der Waals surface area contributed by atoms with Gasteiger partial charge in [-0.3, -0.25) is 10.1 Å². The molecule has 2 N–H and O–H groups in total. The highest BCUT2D eigenvalue weighted by atomic mass is 19.1. The van der Waals surface area contributed by atoms with Crippen molar-refractivity contribution in [3.05, 3.63) is 40.5 Å². The summed E-state index contributed by atoms with van der Waals surface area (Å²) in [6.45, 7) is 0. The summed E-state index contributed by atoms with van der Waals surface area (Å²) >= 11 is 0. The third kappa shape index (κ3) is 2.96. The van der Waals surface area contributed by atoms with Crippen molar-refractivity contribution in [3.63, 3.8) is 0 Å². The second kappa shape index (κ2) is 5.99. The molecule has 110 valence electrons. The van der Waals surface area contributed by atoms with Crippen LogP contribution in [0, 0.1) is 15.9 Å². The Labute approximate surface area is 119 Å². The standard InChI is InChI=1S/C12H12FN5O3/c1-14-11-10(18(19)20)12(16-6-15-11)17-7-3-4-8(13)9(5-7)21-2/h3-6H,1-2H3,(H2,14,15,16,17). The fraction of sp³-hybridized carbons (Fsp3) is 0.167. The molecule has 0 radical (unpaired) electrons. The maximum Gasteiger partial charge on any atom is 0.353 e. The van der Waals surface area contributed by atoms with Crippen LogP contribution in [0.4, 0.5) is 27.4 Å². The van der Waals surface area contributed by atoms with Crippen LogP contribution < -0.4 is 15.4 Å². The first-order chi connectivity index (χ1) is 10.1. The quantitative estimate of drug-likeness (QED) is 0.644. The van der Waals surface area contributed by atoms with E-state index in [1.165, 1.54) is 38.7 Å². The van der Waals surface area contributed by atoms with Crippen LogP contribution in [0.5, 0.6) is 5.75 Å². The molecule has 9 heteroatoms. The molecule has 0 aliphatic rings. The van der Waals surface area contributed by atoms with E-state index in [1.54, 1.807) is 0 Å². The molecule has 2 rings (SSSR count). The van der Waals surface area contributed by atoms with Gasteiger partial charge in [-0.15, -0.1) is 0 Å². The van der Waals surface area contributed by atoms with Crippen LogP contribution in [0.2, 0.25) is 0 Å². The molecule has 0 spiro atoms. The van der Waals surface area contributed by atoms with Gasteiger partial charge in [0.05, 0.1) is 12.0 Å². The molecule has 0 aliphatic carbocycles. The third-order valence-corrected chi connectivity index (χ3v) is 2.66. The van der Waals surface area contributed by atoms with Crippen molar-refractivity contribution in [2.75, 3.05) is 24.8 Å². The average molecular weight is 293 g/mol. The van der Waals surface area contributed by atoms with E-state index >= 15 is 0 Å². The van der Waals surface area contributed by atoms with Crippen molar-refractivity contribution in [1.82, 2.24) is 9.97 Å². The third-order valence-electron chi connectivity index (χ3n) is 2.66. The van der Waals surface area contributed by atoms with E-state index in [2.05, 4.69) is 20.6 Å². The van der Waals surface area contributed by atoms with Crippen molar-refractivity contribution < 1.29 is 14.1 Å². The Balaban J connectivity index is 2.42. The van der Waals surface area contributed by atoms with Crippen LogP contribution in [-0.2, 0) is 0 Å². The van der Waals surface area contributed by atoms with Gasteiger partial charge in [-0.2, -0.15) is 0 Å². The highest BCUT2D eigenvalue weighted by molar-refractivity contribution is 5.73. The summed E-state index contributed by atoms with van der Waals surface area (Å²) in [5.74, 6) is -0.443. The minimum Gasteiger partial charge on any atom is -0.494 e. The minimum absolute atomic E-state index is 0.00647. The van der Waals surface area contributed by atoms with Crippen molar-refractivity contribution in [3.8, 4) is 5.75 Å². The molecular formula is C12H12FN5O3. The molecule has 21 heavy (non-hydrogen) atoms. The second-order valence-electron chi connectivity index (χ2n) is 3.90. The zero-order chi connectivity index (χ0) is 15.4. The smallest absolute Gasteiger partial charge is 0.353 e. The van der Waals surface area contributed by atoms with Gasteiger partial charge in [-0.25, -0.2) is 14.4 Å². The summed E-state index contributed by atoms with van der Waals surface area (Å²) in [4.78, 5) is 18.2. The van der Waals surface area contributed by atoms with Crippen LogP contribution in [0.3, 0.4) is 0 Å². The van der Waals surface area contributed by atoms with E-state index < -0.39 is 10.7 Å². The van der Waals surface area contributed by atoms with Crippen molar-refractivity contribution in [2.45, 2.75) is 0 Å². The molecule has 0 bridgehead atoms. The Bertz CT molecular complexity index is 680. The first-order valence-corrected chi connectivity index (χ1v) is 5.84. The lowest BCUT2D eigenvalue weighted by molar-refractivity contribution is -0.383. The van der Waals surface area contributed by atoms with E-state index in [0.717, 1.165) is 0 Å². The number of methoxy groups -OCH3 is 1. The van der Waals surface area contributed by atoms with Crippen LogP contribution >= 0.6 is 0 Å². The number of rotatable bonds is 5. The lowest BCUT2D eigenvalue weighted by atomic mass is 10.3. The van der Waals surface area contributed by atoms with Crippen molar-refractivity contribution in [2.24, 2.45) is 0 Å². The zero-order valence-electron chi connectivity index (χ0n) is 11.3. The summed E-state index contributed by atoms with van der Waals surface area (Å²) in [6, 6.07) is 3.98. The molecular weight excluding hydrogens is 281 g/mol. The van der Waals surface area contributed by atoms with E-state index in [0.29, 0.717) is 5.69 Å². The van der Waals surface area contributed by atoms with Crippen LogP contribution in [0.15, 0.2) is 24.5 Å². The number of hydrogen-bond acceptors (Lipinski definition) is 7. The monoisotopic (exact) mass is 293 g/mol. The van der Waals surface area contributed by atoms with Gasteiger partial charge in [0.2, 0.25) is 11.6 Å². The molecule has 8 nitrogen and oxygen atoms in total. The predicted molar refractivity (Wildman–Crippen MR) is 74.5 cm³/mol. The predicted octanol–water partition coefficient (Wildman–Crippen LogP) is 2.32. The molecule has 1 aromatic carbocycles. The number of aromatic nitrogens is 2. The van der Waals surface area contributed by atoms with E-state index in [1.807, 2.05) is 0 Å². The maximum atomic E-state index is 13.3. The van der Waals surface area contributed by atoms with Crippen molar-refractivity contribution in [1.29, 1.82) is 0 Å². The normalized spacial score (nSPS) is 10.0. The number of halogens is 1. The first-order valence-electron chi connectivity index (χ1n) is 5.84. The number of hydrogen-bond donors (Lipinski definition) is 2. The van der Waals surface area contributed by atoms with Gasteiger partial charge >= 0.3 is 5.69 Å². The van der Waals surface area contributed by atoms with Gasteiger partial charge in [0.1, 0.15) is 6.33 Å². The topological polar surface area (TPSA) is 102 Å². The highest BCUT2D eigenvalue weighted by Crippen LogP contribution is 2.32. The lowest BCUT2D eigenvalue weighted by Crippen LogP contribution is -2.05. The van der Waals surface area contributed by atoms with Crippen LogP contribution in [0.25, 0.3) is 0 Å². The Hall–Kier alpha value is -2.97. The SMILES string of the molecule is CNc1ncnc(Nc2ccc(F)c(OC)c2)c1[N+](=O)[O-]. The van der Waals surface area contributed by atoms with Gasteiger partial charge in [-0.1, -0.05) is 0 Å². The van der Waals surface area contributed by atoms with Crippen LogP contribution in [-0.4, -0.2) is 29.0 Å². The fourth-order valence-electron chi connectivity index (χ4n) is 1.70. The molecule has 0 fully saturated rings. The largest absolute Gasteiger partial charge is 0.494 e. The van der Waals surface area contributed by atoms with Gasteiger partial charge < -0.3 is 15.4 Å². The number of nitrogens with zero attached hydrogens (tertiary/aromatic N) is 3. The highest BCUT2D eigenvalue weighted by Gasteiger charge is 2.22. The number of anilines is 3. The average Bonchev–Trinajstić information content (AvgIpc) is 2.48. The summed E-state index contributed by atoms with van der Waals surface area (Å²) < 4.78 is 18.2. The fourth-order valence-corrected chi connectivity index (χ4v) is 1.70. The second-order valence-corrected chi connectivity index (χ2v) is 3.90. The maximum absolute atomic E-state index is 13.3. The minimum atomic E-state index is -0.602. The summed E-state index contributed by atoms with van der Waals surface area (Å²) in [7, 11) is 2.84. The molecule has 0 amide bonds. The zero-order valence-corrected chi connectivity index (χ0v) is 11.3. The van der Waals surface area contributed by atoms with Gasteiger partial charge in [-0.05, 0) is 12.1 Å². The molecule has 0 saturated carbocycles. The molecule has 1 aromatic heterocycles. The Kier molecular flexibility index (Phi) is 4.12. The number of benzene rings is 1. The Morgan fingerprint density at radius 3 is 2.67 bits per heavy atom. The summed E-state index contributed by atoms with van der Waals surface area (Å²) in [5.41, 5.74) is 0.0976. The van der Waals surface area contributed by atoms with E-state index in [4.69, 9.17) is 4.74 Å². The van der Waals surface area contributed by atoms with Gasteiger partial charge in [0, 0.05) is 18.8 Å². The molecule has 0 unspecified atom stereocenters. The molecule has 0 aliphatic heterocycles. The van der Waals surface area contributed by atoms with E-state index in [9.17, 15) is 14.5 Å². The lowest BCUT2D eigenvalue weighted by Gasteiger charge is -2.09.